The minimum atomic E-state index is -3.82. The first-order valence-electron chi connectivity index (χ1n) is 9.30. The molecule has 2 heterocycles. The van der Waals surface area contributed by atoms with Crippen LogP contribution in [-0.4, -0.2) is 35.0 Å². The largest absolute Gasteiger partial charge is 0.270 e. The fourth-order valence-corrected chi connectivity index (χ4v) is 4.59. The molecule has 0 fully saturated rings. The van der Waals surface area contributed by atoms with Crippen LogP contribution in [-0.2, 0) is 10.0 Å². The molecule has 30 heavy (non-hydrogen) atoms. The van der Waals surface area contributed by atoms with Crippen LogP contribution in [0.3, 0.4) is 0 Å². The third-order valence-electron chi connectivity index (χ3n) is 4.94. The molecule has 0 aliphatic carbocycles. The van der Waals surface area contributed by atoms with Crippen molar-refractivity contribution in [3.63, 3.8) is 0 Å². The van der Waals surface area contributed by atoms with E-state index >= 15 is 0 Å². The van der Waals surface area contributed by atoms with Crippen LogP contribution in [0.1, 0.15) is 0 Å². The van der Waals surface area contributed by atoms with E-state index in [0.29, 0.717) is 17.0 Å². The summed E-state index contributed by atoms with van der Waals surface area (Å²) >= 11 is 0. The minimum absolute atomic E-state index is 0.184. The molecule has 0 aliphatic heterocycles. The molecule has 0 radical (unpaired) electrons. The number of aromatic nitrogens is 4. The maximum absolute atomic E-state index is 13.2. The Kier molecular flexibility index (Phi) is 4.22. The first-order chi connectivity index (χ1) is 14.6. The van der Waals surface area contributed by atoms with Gasteiger partial charge in [0.1, 0.15) is 0 Å². The Morgan fingerprint density at radius 1 is 0.800 bits per heavy atom. The highest BCUT2D eigenvalue weighted by molar-refractivity contribution is 7.92. The number of rotatable bonds is 4. The van der Waals surface area contributed by atoms with Crippen molar-refractivity contribution in [3.05, 3.63) is 84.9 Å². The van der Waals surface area contributed by atoms with Gasteiger partial charge in [0.05, 0.1) is 15.9 Å². The Labute approximate surface area is 173 Å². The topological polar surface area (TPSA) is 80.5 Å². The molecular weight excluding hydrogens is 398 g/mol. The lowest BCUT2D eigenvalue weighted by Crippen LogP contribution is -2.28. The van der Waals surface area contributed by atoms with Gasteiger partial charge in [-0.15, -0.1) is 10.2 Å². The Morgan fingerprint density at radius 3 is 2.17 bits per heavy atom. The van der Waals surface area contributed by atoms with E-state index in [0.717, 1.165) is 15.4 Å². The Balaban J connectivity index is 1.80. The van der Waals surface area contributed by atoms with E-state index in [1.165, 1.54) is 7.05 Å². The van der Waals surface area contributed by atoms with Crippen LogP contribution < -0.4 is 4.31 Å². The van der Waals surface area contributed by atoms with Crippen molar-refractivity contribution in [3.8, 4) is 11.4 Å². The summed E-state index contributed by atoms with van der Waals surface area (Å²) in [6, 6.07) is 25.5. The van der Waals surface area contributed by atoms with Gasteiger partial charge in [-0.3, -0.25) is 4.40 Å². The summed E-state index contributed by atoms with van der Waals surface area (Å²) in [5.41, 5.74) is 2.69. The molecule has 3 aromatic carbocycles. The number of anilines is 1. The van der Waals surface area contributed by atoms with Crippen LogP contribution in [0.5, 0.6) is 0 Å². The number of para-hydroxylation sites is 2. The summed E-state index contributed by atoms with van der Waals surface area (Å²) in [5.74, 6) is 0.836. The summed E-state index contributed by atoms with van der Waals surface area (Å²) in [7, 11) is -2.34. The number of hydrogen-bond donors (Lipinski definition) is 0. The lowest BCUT2D eigenvalue weighted by molar-refractivity contribution is 0.594. The summed E-state index contributed by atoms with van der Waals surface area (Å²) in [6.45, 7) is 0. The van der Waals surface area contributed by atoms with E-state index in [1.54, 1.807) is 30.3 Å². The molecule has 8 heteroatoms. The monoisotopic (exact) mass is 415 g/mol. The van der Waals surface area contributed by atoms with E-state index < -0.39 is 10.0 Å². The van der Waals surface area contributed by atoms with Gasteiger partial charge in [0.2, 0.25) is 5.65 Å². The van der Waals surface area contributed by atoms with Crippen LogP contribution in [0.25, 0.3) is 28.1 Å². The van der Waals surface area contributed by atoms with Crippen molar-refractivity contribution in [2.45, 2.75) is 4.90 Å². The van der Waals surface area contributed by atoms with Gasteiger partial charge in [0, 0.05) is 12.6 Å². The predicted octanol–water partition coefficient (Wildman–Crippen LogP) is 3.77. The number of fused-ring (bicyclic) bond motifs is 3. The van der Waals surface area contributed by atoms with Crippen molar-refractivity contribution in [2.24, 2.45) is 0 Å². The van der Waals surface area contributed by atoms with E-state index in [1.807, 2.05) is 59.0 Å². The standard InChI is InChI=1S/C22H17N5O2S/c1-26(30(28,29)17-12-6-3-7-13-17)21-22-25-24-20(16-10-4-2-5-11-16)27(22)19-15-9-8-14-18(19)23-21/h2-15H,1H3. The zero-order chi connectivity index (χ0) is 20.7. The van der Waals surface area contributed by atoms with Gasteiger partial charge >= 0.3 is 0 Å². The normalized spacial score (nSPS) is 11.8. The lowest BCUT2D eigenvalue weighted by atomic mass is 10.2. The van der Waals surface area contributed by atoms with Gasteiger partial charge in [-0.2, -0.15) is 0 Å². The molecule has 5 rings (SSSR count). The Morgan fingerprint density at radius 2 is 1.43 bits per heavy atom. The van der Waals surface area contributed by atoms with E-state index in [9.17, 15) is 8.42 Å². The van der Waals surface area contributed by atoms with Gasteiger partial charge in [-0.05, 0) is 24.3 Å². The van der Waals surface area contributed by atoms with Gasteiger partial charge in [-0.1, -0.05) is 60.7 Å². The summed E-state index contributed by atoms with van der Waals surface area (Å²) in [6.07, 6.45) is 0. The van der Waals surface area contributed by atoms with Crippen molar-refractivity contribution >= 4 is 32.5 Å². The van der Waals surface area contributed by atoms with Gasteiger partial charge in [0.15, 0.2) is 11.6 Å². The molecule has 0 amide bonds. The molecule has 0 N–H and O–H groups in total. The van der Waals surface area contributed by atoms with Crippen LogP contribution in [0.2, 0.25) is 0 Å². The number of nitrogens with zero attached hydrogens (tertiary/aromatic N) is 5. The molecule has 7 nitrogen and oxygen atoms in total. The average Bonchev–Trinajstić information content (AvgIpc) is 3.25. The van der Waals surface area contributed by atoms with Gasteiger partial charge < -0.3 is 0 Å². The molecule has 0 spiro atoms. The third kappa shape index (κ3) is 2.81. The van der Waals surface area contributed by atoms with Gasteiger partial charge in [-0.25, -0.2) is 17.7 Å². The molecule has 148 valence electrons. The quantitative estimate of drug-likeness (QED) is 0.446. The smallest absolute Gasteiger partial charge is 0.265 e. The molecule has 0 aliphatic rings. The summed E-state index contributed by atoms with van der Waals surface area (Å²) in [4.78, 5) is 4.81. The first-order valence-corrected chi connectivity index (χ1v) is 10.7. The molecule has 0 saturated carbocycles. The van der Waals surface area contributed by atoms with E-state index in [4.69, 9.17) is 0 Å². The molecule has 0 saturated heterocycles. The SMILES string of the molecule is CN(c1nc2ccccc2n2c(-c3ccccc3)nnc12)S(=O)(=O)c1ccccc1. The highest BCUT2D eigenvalue weighted by Crippen LogP contribution is 2.30. The number of sulfonamides is 1. The Bertz CT molecular complexity index is 1470. The van der Waals surface area contributed by atoms with Crippen molar-refractivity contribution in [1.82, 2.24) is 19.6 Å². The van der Waals surface area contributed by atoms with E-state index in [2.05, 4.69) is 15.2 Å². The molecule has 5 aromatic rings. The fraction of sp³-hybridized carbons (Fsp3) is 0.0455. The Hall–Kier alpha value is -3.78. The average molecular weight is 415 g/mol. The van der Waals surface area contributed by atoms with E-state index in [-0.39, 0.29) is 10.7 Å². The van der Waals surface area contributed by atoms with Crippen LogP contribution in [0.15, 0.2) is 89.8 Å². The zero-order valence-corrected chi connectivity index (χ0v) is 16.9. The highest BCUT2D eigenvalue weighted by Gasteiger charge is 2.27. The molecule has 0 unspecified atom stereocenters. The first kappa shape index (κ1) is 18.3. The number of hydrogen-bond acceptors (Lipinski definition) is 5. The predicted molar refractivity (Wildman–Crippen MR) is 116 cm³/mol. The molecule has 0 bridgehead atoms. The maximum Gasteiger partial charge on any atom is 0.265 e. The second-order valence-corrected chi connectivity index (χ2v) is 8.73. The molecule has 2 aromatic heterocycles. The second-order valence-electron chi connectivity index (χ2n) is 6.76. The van der Waals surface area contributed by atoms with Crippen LogP contribution in [0.4, 0.5) is 5.82 Å². The fourth-order valence-electron chi connectivity index (χ4n) is 3.42. The minimum Gasteiger partial charge on any atom is -0.270 e. The van der Waals surface area contributed by atoms with Crippen molar-refractivity contribution in [1.29, 1.82) is 0 Å². The van der Waals surface area contributed by atoms with Crippen LogP contribution >= 0.6 is 0 Å². The maximum atomic E-state index is 13.2. The third-order valence-corrected chi connectivity index (χ3v) is 6.71. The van der Waals surface area contributed by atoms with Gasteiger partial charge in [0.25, 0.3) is 10.0 Å². The zero-order valence-electron chi connectivity index (χ0n) is 16.0. The number of benzene rings is 3. The van der Waals surface area contributed by atoms with Crippen LogP contribution in [0, 0.1) is 0 Å². The summed E-state index contributed by atoms with van der Waals surface area (Å²) in [5, 5.41) is 8.68. The summed E-state index contributed by atoms with van der Waals surface area (Å²) < 4.78 is 29.4. The van der Waals surface area contributed by atoms with Crippen molar-refractivity contribution in [2.75, 3.05) is 11.4 Å². The molecule has 0 atom stereocenters. The second kappa shape index (κ2) is 6.93. The van der Waals surface area contributed by atoms with Crippen molar-refractivity contribution < 1.29 is 8.42 Å². The highest BCUT2D eigenvalue weighted by atomic mass is 32.2. The molecular formula is C22H17N5O2S. The lowest BCUT2D eigenvalue weighted by Gasteiger charge is -2.19.